The minimum Gasteiger partial charge on any atom is -0.508 e. The minimum absolute atomic E-state index is 0.00443. The van der Waals surface area contributed by atoms with Crippen molar-refractivity contribution in [3.8, 4) is 35.2 Å². The van der Waals surface area contributed by atoms with Gasteiger partial charge in [0, 0.05) is 54.5 Å². The summed E-state index contributed by atoms with van der Waals surface area (Å²) in [6.07, 6.45) is 8.99. The van der Waals surface area contributed by atoms with Gasteiger partial charge in [-0.25, -0.2) is 13.2 Å². The molecule has 4 aliphatic heterocycles. The molecule has 0 amide bonds. The highest BCUT2D eigenvalue weighted by molar-refractivity contribution is 6.35. The van der Waals surface area contributed by atoms with E-state index in [4.69, 9.17) is 27.7 Å². The summed E-state index contributed by atoms with van der Waals surface area (Å²) < 4.78 is 52.5. The Balaban J connectivity index is 1.30. The number of phenols is 1. The summed E-state index contributed by atoms with van der Waals surface area (Å²) in [5, 5.41) is 15.3. The molecule has 4 atom stereocenters. The summed E-state index contributed by atoms with van der Waals surface area (Å²) in [6, 6.07) is 7.62. The van der Waals surface area contributed by atoms with Crippen molar-refractivity contribution in [3.05, 3.63) is 52.6 Å². The fourth-order valence-electron chi connectivity index (χ4n) is 8.09. The Morgan fingerprint density at radius 2 is 1.93 bits per heavy atom. The largest absolute Gasteiger partial charge is 0.508 e. The van der Waals surface area contributed by atoms with Crippen LogP contribution >= 0.6 is 11.6 Å². The maximum Gasteiger partial charge on any atom is 0.319 e. The molecule has 8 rings (SSSR count). The van der Waals surface area contributed by atoms with Gasteiger partial charge in [-0.3, -0.25) is 4.90 Å². The van der Waals surface area contributed by atoms with Crippen LogP contribution in [0.4, 0.5) is 19.0 Å². The van der Waals surface area contributed by atoms with Crippen LogP contribution in [0.5, 0.6) is 11.8 Å². The molecule has 4 fully saturated rings. The fourth-order valence-corrected chi connectivity index (χ4v) is 8.39. The lowest BCUT2D eigenvalue weighted by Crippen LogP contribution is -2.51. The normalized spacial score (nSPS) is 26.1. The molecular weight excluding hydrogens is 603 g/mol. The third kappa shape index (κ3) is 4.67. The van der Waals surface area contributed by atoms with Crippen molar-refractivity contribution in [2.45, 2.75) is 55.9 Å². The number of phenolic OH excluding ortho intramolecular Hbond substituents is 1. The van der Waals surface area contributed by atoms with Crippen LogP contribution in [0.1, 0.15) is 37.7 Å². The van der Waals surface area contributed by atoms with Crippen LogP contribution in [0.2, 0.25) is 5.02 Å². The summed E-state index contributed by atoms with van der Waals surface area (Å²) in [5.41, 5.74) is -0.452. The number of terminal acetylenes is 1. The Hall–Kier alpha value is -3.78. The zero-order chi connectivity index (χ0) is 31.0. The van der Waals surface area contributed by atoms with Gasteiger partial charge in [-0.2, -0.15) is 9.97 Å². The molecule has 3 aromatic carbocycles. The first-order valence-corrected chi connectivity index (χ1v) is 15.8. The molecule has 1 aromatic heterocycles. The van der Waals surface area contributed by atoms with E-state index in [-0.39, 0.29) is 63.1 Å². The lowest BCUT2D eigenvalue weighted by Gasteiger charge is -2.34. The first kappa shape index (κ1) is 28.7. The zero-order valence-electron chi connectivity index (χ0n) is 24.4. The van der Waals surface area contributed by atoms with E-state index in [9.17, 15) is 13.9 Å². The number of alkyl halides is 1. The number of nitrogens with one attached hydrogen (secondary N) is 1. The molecule has 0 saturated carbocycles. The Labute approximate surface area is 263 Å². The molecule has 11 heteroatoms. The van der Waals surface area contributed by atoms with E-state index in [0.29, 0.717) is 42.6 Å². The Kier molecular flexibility index (Phi) is 6.79. The maximum absolute atomic E-state index is 17.0. The summed E-state index contributed by atoms with van der Waals surface area (Å²) in [7, 11) is 0. The van der Waals surface area contributed by atoms with Gasteiger partial charge in [0.2, 0.25) is 0 Å². The van der Waals surface area contributed by atoms with Gasteiger partial charge in [0.25, 0.3) is 0 Å². The number of hydrogen-bond donors (Lipinski definition) is 2. The van der Waals surface area contributed by atoms with Crippen LogP contribution in [-0.4, -0.2) is 76.6 Å². The van der Waals surface area contributed by atoms with Crippen molar-refractivity contribution >= 4 is 39.1 Å². The van der Waals surface area contributed by atoms with Crippen molar-refractivity contribution in [1.29, 1.82) is 0 Å². The van der Waals surface area contributed by atoms with E-state index in [1.54, 1.807) is 6.07 Å². The Morgan fingerprint density at radius 3 is 2.71 bits per heavy atom. The molecule has 4 unspecified atom stereocenters. The van der Waals surface area contributed by atoms with Gasteiger partial charge < -0.3 is 20.1 Å². The summed E-state index contributed by atoms with van der Waals surface area (Å²) >= 11 is 6.85. The second kappa shape index (κ2) is 10.6. The van der Waals surface area contributed by atoms with Crippen LogP contribution in [0.25, 0.3) is 32.8 Å². The Bertz CT molecular complexity index is 1910. The number of halogens is 4. The number of rotatable bonds is 5. The van der Waals surface area contributed by atoms with Gasteiger partial charge in [-0.1, -0.05) is 23.6 Å². The highest BCUT2D eigenvalue weighted by Crippen LogP contribution is 2.45. The topological polar surface area (TPSA) is 73.8 Å². The second-order valence-electron chi connectivity index (χ2n) is 12.8. The molecule has 0 aliphatic carbocycles. The van der Waals surface area contributed by atoms with Gasteiger partial charge in [0.15, 0.2) is 5.82 Å². The predicted octanol–water partition coefficient (Wildman–Crippen LogP) is 5.96. The molecule has 45 heavy (non-hydrogen) atoms. The number of hydrogen-bond acceptors (Lipinski definition) is 7. The van der Waals surface area contributed by atoms with Gasteiger partial charge in [0.05, 0.1) is 16.1 Å². The van der Waals surface area contributed by atoms with Gasteiger partial charge in [0.1, 0.15) is 35.7 Å². The maximum atomic E-state index is 17.0. The van der Waals surface area contributed by atoms with Crippen molar-refractivity contribution in [3.63, 3.8) is 0 Å². The molecule has 0 radical (unpaired) electrons. The van der Waals surface area contributed by atoms with E-state index in [2.05, 4.69) is 26.0 Å². The van der Waals surface area contributed by atoms with Gasteiger partial charge in [-0.15, -0.1) is 6.42 Å². The molecule has 2 bridgehead atoms. The van der Waals surface area contributed by atoms with E-state index < -0.39 is 23.3 Å². The van der Waals surface area contributed by atoms with Crippen molar-refractivity contribution in [2.24, 2.45) is 0 Å². The van der Waals surface area contributed by atoms with E-state index in [1.807, 2.05) is 0 Å². The lowest BCUT2D eigenvalue weighted by atomic mass is 9.93. The van der Waals surface area contributed by atoms with Crippen LogP contribution in [-0.2, 0) is 0 Å². The molecule has 4 aliphatic rings. The number of fused-ring (bicyclic) bond motifs is 5. The number of ether oxygens (including phenoxy) is 1. The van der Waals surface area contributed by atoms with Crippen LogP contribution in [0, 0.1) is 24.0 Å². The monoisotopic (exact) mass is 633 g/mol. The number of piperazine rings is 1. The zero-order valence-corrected chi connectivity index (χ0v) is 25.2. The van der Waals surface area contributed by atoms with E-state index >= 15 is 4.39 Å². The summed E-state index contributed by atoms with van der Waals surface area (Å²) in [5.74, 6) is 1.30. The van der Waals surface area contributed by atoms with Crippen LogP contribution < -0.4 is 15.0 Å². The van der Waals surface area contributed by atoms with E-state index in [0.717, 1.165) is 32.2 Å². The molecular formula is C34H31ClF3N5O2. The number of nitrogens with zero attached hydrogens (tertiary/aromatic N) is 4. The quantitative estimate of drug-likeness (QED) is 0.263. The summed E-state index contributed by atoms with van der Waals surface area (Å²) in [6.45, 7) is 2.73. The van der Waals surface area contributed by atoms with Crippen LogP contribution in [0.3, 0.4) is 0 Å². The third-order valence-electron chi connectivity index (χ3n) is 10.1. The smallest absolute Gasteiger partial charge is 0.319 e. The first-order valence-electron chi connectivity index (χ1n) is 15.4. The third-order valence-corrected chi connectivity index (χ3v) is 10.4. The number of aromatic hydroxyl groups is 1. The van der Waals surface area contributed by atoms with Crippen molar-refractivity contribution in [2.75, 3.05) is 37.7 Å². The predicted molar refractivity (Wildman–Crippen MR) is 168 cm³/mol. The Morgan fingerprint density at radius 1 is 1.13 bits per heavy atom. The first-order chi connectivity index (χ1) is 21.7. The van der Waals surface area contributed by atoms with E-state index in [1.165, 1.54) is 24.3 Å². The second-order valence-corrected chi connectivity index (χ2v) is 13.2. The molecule has 4 saturated heterocycles. The lowest BCUT2D eigenvalue weighted by molar-refractivity contribution is 0.107. The van der Waals surface area contributed by atoms with Crippen molar-refractivity contribution < 1.29 is 23.0 Å². The molecule has 7 nitrogen and oxygen atoms in total. The number of benzene rings is 3. The van der Waals surface area contributed by atoms with Gasteiger partial charge in [-0.05, 0) is 67.4 Å². The van der Waals surface area contributed by atoms with Crippen LogP contribution in [0.15, 0.2) is 30.3 Å². The highest BCUT2D eigenvalue weighted by Gasteiger charge is 2.49. The standard InChI is InChI=1S/C34H31ClF3N5O2/c1-2-23-27(37)7-4-18-10-22(44)11-24(28(18)23)29-26(35)12-25-31(30(29)38)40-33(41-32(25)42-15-20-5-6-21(16-42)39-20)45-17-34-8-3-9-43(34)14-19(36)13-34/h1,4,7,10-12,19-21,39,44H,3,5-6,8-9,13-17H2. The molecule has 2 N–H and O–H groups in total. The number of aromatic nitrogens is 2. The summed E-state index contributed by atoms with van der Waals surface area (Å²) in [4.78, 5) is 13.6. The molecule has 0 spiro atoms. The molecule has 232 valence electrons. The number of anilines is 1. The van der Waals surface area contributed by atoms with Crippen molar-refractivity contribution in [1.82, 2.24) is 20.2 Å². The SMILES string of the molecule is C#Cc1c(F)ccc2cc(O)cc(-c3c(Cl)cc4c(N5CC6CCC(C5)N6)nc(OCC56CCCN5CC(F)C6)nc4c3F)c12. The highest BCUT2D eigenvalue weighted by atomic mass is 35.5. The molecule has 5 heterocycles. The average Bonchev–Trinajstić information content (AvgIpc) is 3.66. The molecule has 4 aromatic rings. The minimum atomic E-state index is -0.921. The average molecular weight is 634 g/mol. The fraction of sp³-hybridized carbons (Fsp3) is 0.412. The van der Waals surface area contributed by atoms with Gasteiger partial charge >= 0.3 is 6.01 Å².